The summed E-state index contributed by atoms with van der Waals surface area (Å²) in [6.07, 6.45) is 0. The summed E-state index contributed by atoms with van der Waals surface area (Å²) in [5, 5.41) is 4.13. The van der Waals surface area contributed by atoms with E-state index in [1.165, 1.54) is 0 Å². The molecule has 1 atom stereocenters. The Morgan fingerprint density at radius 2 is 1.57 bits per heavy atom. The molecule has 1 amide bonds. The number of nitrogens with one attached hydrogen (secondary N) is 1. The largest absolute Gasteiger partial charge is 0.491 e. The van der Waals surface area contributed by atoms with Crippen LogP contribution in [-0.2, 0) is 0 Å². The van der Waals surface area contributed by atoms with Gasteiger partial charge >= 0.3 is 0 Å². The Bertz CT molecular complexity index is 597. The SMILES string of the molecule is C[C@@H](COc1ccc(Cl)cc1)NC(=O)c1ccc(Cl)cc1. The van der Waals surface area contributed by atoms with Gasteiger partial charge in [-0.05, 0) is 55.5 Å². The van der Waals surface area contributed by atoms with E-state index in [4.69, 9.17) is 27.9 Å². The van der Waals surface area contributed by atoms with Crippen LogP contribution in [0.25, 0.3) is 0 Å². The van der Waals surface area contributed by atoms with Crippen LogP contribution in [0.3, 0.4) is 0 Å². The third kappa shape index (κ3) is 4.96. The molecule has 0 radical (unpaired) electrons. The number of ether oxygens (including phenoxy) is 1. The lowest BCUT2D eigenvalue weighted by Crippen LogP contribution is -2.36. The lowest BCUT2D eigenvalue weighted by molar-refractivity contribution is 0.0926. The van der Waals surface area contributed by atoms with Gasteiger partial charge in [0.1, 0.15) is 12.4 Å². The van der Waals surface area contributed by atoms with E-state index >= 15 is 0 Å². The highest BCUT2D eigenvalue weighted by atomic mass is 35.5. The maximum absolute atomic E-state index is 12.0. The van der Waals surface area contributed by atoms with Gasteiger partial charge in [-0.3, -0.25) is 4.79 Å². The number of amides is 1. The molecular formula is C16H15Cl2NO2. The summed E-state index contributed by atoms with van der Waals surface area (Å²) in [5.41, 5.74) is 0.567. The van der Waals surface area contributed by atoms with E-state index in [0.29, 0.717) is 28.0 Å². The number of halogens is 2. The highest BCUT2D eigenvalue weighted by Gasteiger charge is 2.10. The average molecular weight is 324 g/mol. The number of hydrogen-bond donors (Lipinski definition) is 1. The molecule has 0 heterocycles. The first-order valence-corrected chi connectivity index (χ1v) is 7.25. The van der Waals surface area contributed by atoms with E-state index in [1.807, 2.05) is 6.92 Å². The third-order valence-corrected chi connectivity index (χ3v) is 3.30. The highest BCUT2D eigenvalue weighted by molar-refractivity contribution is 6.30. The van der Waals surface area contributed by atoms with E-state index < -0.39 is 0 Å². The Labute approximate surface area is 133 Å². The van der Waals surface area contributed by atoms with Crippen molar-refractivity contribution in [2.45, 2.75) is 13.0 Å². The molecule has 0 saturated heterocycles. The number of rotatable bonds is 5. The second-order valence-corrected chi connectivity index (χ2v) is 5.52. The number of carbonyl (C=O) groups is 1. The van der Waals surface area contributed by atoms with Gasteiger partial charge in [-0.1, -0.05) is 23.2 Å². The Balaban J connectivity index is 1.83. The van der Waals surface area contributed by atoms with Gasteiger partial charge in [0.05, 0.1) is 6.04 Å². The summed E-state index contributed by atoms with van der Waals surface area (Å²) in [4.78, 5) is 12.0. The Hall–Kier alpha value is -1.71. The number of carbonyl (C=O) groups excluding carboxylic acids is 1. The van der Waals surface area contributed by atoms with Gasteiger partial charge in [0, 0.05) is 15.6 Å². The molecule has 0 fully saturated rings. The van der Waals surface area contributed by atoms with Crippen LogP contribution in [0.4, 0.5) is 0 Å². The van der Waals surface area contributed by atoms with Crippen molar-refractivity contribution in [3.05, 3.63) is 64.1 Å². The van der Waals surface area contributed by atoms with Crippen LogP contribution in [0.2, 0.25) is 10.0 Å². The van der Waals surface area contributed by atoms with Crippen molar-refractivity contribution in [3.63, 3.8) is 0 Å². The minimum atomic E-state index is -0.154. The maximum Gasteiger partial charge on any atom is 0.251 e. The summed E-state index contributed by atoms with van der Waals surface area (Å²) in [6, 6.07) is 13.7. The minimum Gasteiger partial charge on any atom is -0.491 e. The second kappa shape index (κ2) is 7.34. The summed E-state index contributed by atoms with van der Waals surface area (Å²) in [7, 11) is 0. The molecule has 1 N–H and O–H groups in total. The molecule has 0 saturated carbocycles. The highest BCUT2D eigenvalue weighted by Crippen LogP contribution is 2.15. The van der Waals surface area contributed by atoms with Crippen molar-refractivity contribution in [1.82, 2.24) is 5.32 Å². The molecule has 0 spiro atoms. The molecule has 2 aromatic rings. The zero-order valence-corrected chi connectivity index (χ0v) is 13.0. The van der Waals surface area contributed by atoms with E-state index in [1.54, 1.807) is 48.5 Å². The lowest BCUT2D eigenvalue weighted by Gasteiger charge is -2.15. The zero-order chi connectivity index (χ0) is 15.2. The van der Waals surface area contributed by atoms with Crippen LogP contribution in [-0.4, -0.2) is 18.6 Å². The topological polar surface area (TPSA) is 38.3 Å². The normalized spacial score (nSPS) is 11.8. The minimum absolute atomic E-state index is 0.121. The van der Waals surface area contributed by atoms with Gasteiger partial charge < -0.3 is 10.1 Å². The predicted octanol–water partition coefficient (Wildman–Crippen LogP) is 4.19. The summed E-state index contributed by atoms with van der Waals surface area (Å²) < 4.78 is 5.58. The first-order chi connectivity index (χ1) is 10.0. The van der Waals surface area contributed by atoms with Crippen LogP contribution in [0.15, 0.2) is 48.5 Å². The second-order valence-electron chi connectivity index (χ2n) is 4.65. The van der Waals surface area contributed by atoms with Gasteiger partial charge in [-0.25, -0.2) is 0 Å². The monoisotopic (exact) mass is 323 g/mol. The van der Waals surface area contributed by atoms with Crippen LogP contribution >= 0.6 is 23.2 Å². The van der Waals surface area contributed by atoms with E-state index in [2.05, 4.69) is 5.32 Å². The molecule has 2 rings (SSSR count). The molecule has 110 valence electrons. The molecule has 21 heavy (non-hydrogen) atoms. The van der Waals surface area contributed by atoms with Crippen molar-refractivity contribution in [2.24, 2.45) is 0 Å². The first-order valence-electron chi connectivity index (χ1n) is 6.49. The van der Waals surface area contributed by atoms with Crippen LogP contribution in [0.5, 0.6) is 5.75 Å². The molecule has 0 aromatic heterocycles. The Morgan fingerprint density at radius 3 is 2.14 bits per heavy atom. The van der Waals surface area contributed by atoms with Crippen LogP contribution in [0, 0.1) is 0 Å². The van der Waals surface area contributed by atoms with Crippen LogP contribution in [0.1, 0.15) is 17.3 Å². The molecule has 0 unspecified atom stereocenters. The van der Waals surface area contributed by atoms with Gasteiger partial charge in [-0.15, -0.1) is 0 Å². The Kier molecular flexibility index (Phi) is 5.48. The van der Waals surface area contributed by atoms with Crippen molar-refractivity contribution in [3.8, 4) is 5.75 Å². The first kappa shape index (κ1) is 15.7. The number of benzene rings is 2. The van der Waals surface area contributed by atoms with Crippen molar-refractivity contribution in [2.75, 3.05) is 6.61 Å². The summed E-state index contributed by atoms with van der Waals surface area (Å²) in [5.74, 6) is 0.561. The zero-order valence-electron chi connectivity index (χ0n) is 11.5. The third-order valence-electron chi connectivity index (χ3n) is 2.80. The van der Waals surface area contributed by atoms with Gasteiger partial charge in [0.2, 0.25) is 0 Å². The molecular weight excluding hydrogens is 309 g/mol. The van der Waals surface area contributed by atoms with E-state index in [9.17, 15) is 4.79 Å². The molecule has 2 aromatic carbocycles. The summed E-state index contributed by atoms with van der Waals surface area (Å²) in [6.45, 7) is 2.25. The molecule has 3 nitrogen and oxygen atoms in total. The van der Waals surface area contributed by atoms with E-state index in [-0.39, 0.29) is 11.9 Å². The Morgan fingerprint density at radius 1 is 1.05 bits per heavy atom. The molecule has 0 aliphatic rings. The molecule has 0 bridgehead atoms. The quantitative estimate of drug-likeness (QED) is 0.895. The van der Waals surface area contributed by atoms with Gasteiger partial charge in [0.25, 0.3) is 5.91 Å². The number of hydrogen-bond acceptors (Lipinski definition) is 2. The fourth-order valence-electron chi connectivity index (χ4n) is 1.70. The summed E-state index contributed by atoms with van der Waals surface area (Å²) >= 11 is 11.6. The van der Waals surface area contributed by atoms with Crippen molar-refractivity contribution < 1.29 is 9.53 Å². The fourth-order valence-corrected chi connectivity index (χ4v) is 1.95. The van der Waals surface area contributed by atoms with Crippen LogP contribution < -0.4 is 10.1 Å². The lowest BCUT2D eigenvalue weighted by atomic mass is 10.2. The van der Waals surface area contributed by atoms with E-state index in [0.717, 1.165) is 0 Å². The van der Waals surface area contributed by atoms with Gasteiger partial charge in [-0.2, -0.15) is 0 Å². The predicted molar refractivity (Wildman–Crippen MR) is 85.3 cm³/mol. The van der Waals surface area contributed by atoms with Crippen molar-refractivity contribution in [1.29, 1.82) is 0 Å². The standard InChI is InChI=1S/C16H15Cl2NO2/c1-11(10-21-15-8-6-14(18)7-9-15)19-16(20)12-2-4-13(17)5-3-12/h2-9,11H,10H2,1H3,(H,19,20)/t11-/m0/s1. The van der Waals surface area contributed by atoms with Gasteiger partial charge in [0.15, 0.2) is 0 Å². The van der Waals surface area contributed by atoms with Crippen molar-refractivity contribution >= 4 is 29.1 Å². The molecule has 0 aliphatic heterocycles. The molecule has 0 aliphatic carbocycles. The smallest absolute Gasteiger partial charge is 0.251 e. The average Bonchev–Trinajstić information content (AvgIpc) is 2.47. The fraction of sp³-hybridized carbons (Fsp3) is 0.188. The molecule has 5 heteroatoms. The maximum atomic E-state index is 12.0.